The summed E-state index contributed by atoms with van der Waals surface area (Å²) in [6.07, 6.45) is 2.22. The first-order valence-corrected chi connectivity index (χ1v) is 5.63. The Balaban J connectivity index is 2.02. The summed E-state index contributed by atoms with van der Waals surface area (Å²) in [5.74, 6) is -0.381. The summed E-state index contributed by atoms with van der Waals surface area (Å²) < 4.78 is 0. The van der Waals surface area contributed by atoms with E-state index in [0.717, 1.165) is 31.6 Å². The minimum atomic E-state index is -0.381. The Bertz CT molecular complexity index is 372. The molecule has 1 aromatic rings. The van der Waals surface area contributed by atoms with Crippen molar-refractivity contribution in [2.75, 3.05) is 18.4 Å². The van der Waals surface area contributed by atoms with E-state index in [-0.39, 0.29) is 5.91 Å². The largest absolute Gasteiger partial charge is 0.382 e. The van der Waals surface area contributed by atoms with Crippen molar-refractivity contribution >= 4 is 11.6 Å². The Kier molecular flexibility index (Phi) is 3.41. The predicted molar refractivity (Wildman–Crippen MR) is 64.5 cm³/mol. The van der Waals surface area contributed by atoms with Gasteiger partial charge in [0.1, 0.15) is 0 Å². The van der Waals surface area contributed by atoms with Gasteiger partial charge in [-0.05, 0) is 44.1 Å². The lowest BCUT2D eigenvalue weighted by molar-refractivity contribution is 0.100. The summed E-state index contributed by atoms with van der Waals surface area (Å²) in [6, 6.07) is 7.85. The van der Waals surface area contributed by atoms with Crippen LogP contribution in [0.4, 0.5) is 5.69 Å². The number of anilines is 1. The number of carbonyl (C=O) groups is 1. The highest BCUT2D eigenvalue weighted by Gasteiger charge is 2.12. The van der Waals surface area contributed by atoms with E-state index in [1.807, 2.05) is 18.2 Å². The van der Waals surface area contributed by atoms with Crippen molar-refractivity contribution in [2.45, 2.75) is 18.9 Å². The first-order valence-electron chi connectivity index (χ1n) is 5.63. The van der Waals surface area contributed by atoms with E-state index in [1.54, 1.807) is 6.07 Å². The highest BCUT2D eigenvalue weighted by atomic mass is 16.1. The quantitative estimate of drug-likeness (QED) is 0.709. The minimum Gasteiger partial charge on any atom is -0.382 e. The summed E-state index contributed by atoms with van der Waals surface area (Å²) in [5, 5.41) is 6.74. The number of nitrogens with one attached hydrogen (secondary N) is 2. The number of hydrogen-bond acceptors (Lipinski definition) is 3. The Labute approximate surface area is 95.2 Å². The molecule has 4 heteroatoms. The number of benzene rings is 1. The lowest BCUT2D eigenvalue weighted by Crippen LogP contribution is -2.35. The molecular formula is C12H17N3O. The molecule has 16 heavy (non-hydrogen) atoms. The Morgan fingerprint density at radius 2 is 2.12 bits per heavy atom. The average Bonchev–Trinajstić information content (AvgIpc) is 2.30. The highest BCUT2D eigenvalue weighted by Crippen LogP contribution is 2.14. The molecule has 1 aliphatic rings. The van der Waals surface area contributed by atoms with Gasteiger partial charge < -0.3 is 16.4 Å². The second kappa shape index (κ2) is 4.99. The zero-order valence-electron chi connectivity index (χ0n) is 9.20. The number of amides is 1. The molecule has 0 aromatic heterocycles. The van der Waals surface area contributed by atoms with Crippen molar-refractivity contribution in [3.63, 3.8) is 0 Å². The van der Waals surface area contributed by atoms with Gasteiger partial charge in [0.15, 0.2) is 0 Å². The number of hydrogen-bond donors (Lipinski definition) is 3. The Morgan fingerprint density at radius 3 is 2.81 bits per heavy atom. The lowest BCUT2D eigenvalue weighted by Gasteiger charge is -2.24. The zero-order valence-corrected chi connectivity index (χ0v) is 9.20. The van der Waals surface area contributed by atoms with Gasteiger partial charge in [-0.25, -0.2) is 0 Å². The van der Waals surface area contributed by atoms with E-state index in [4.69, 9.17) is 5.73 Å². The highest BCUT2D eigenvalue weighted by molar-refractivity contribution is 5.93. The second-order valence-corrected chi connectivity index (χ2v) is 4.11. The topological polar surface area (TPSA) is 67.2 Å². The third-order valence-electron chi connectivity index (χ3n) is 2.86. The van der Waals surface area contributed by atoms with Gasteiger partial charge in [0.25, 0.3) is 0 Å². The molecule has 0 atom stereocenters. The van der Waals surface area contributed by atoms with Crippen molar-refractivity contribution in [2.24, 2.45) is 5.73 Å². The van der Waals surface area contributed by atoms with E-state index < -0.39 is 0 Å². The summed E-state index contributed by atoms with van der Waals surface area (Å²) >= 11 is 0. The monoisotopic (exact) mass is 219 g/mol. The van der Waals surface area contributed by atoms with Crippen molar-refractivity contribution < 1.29 is 4.79 Å². The van der Waals surface area contributed by atoms with Crippen LogP contribution in [0.2, 0.25) is 0 Å². The standard InChI is InChI=1S/C12H17N3O/c13-12(16)9-2-1-3-11(8-9)15-10-4-6-14-7-5-10/h1-3,8,10,14-15H,4-7H2,(H2,13,16). The van der Waals surface area contributed by atoms with Gasteiger partial charge in [-0.1, -0.05) is 6.07 Å². The van der Waals surface area contributed by atoms with E-state index in [2.05, 4.69) is 10.6 Å². The van der Waals surface area contributed by atoms with Crippen molar-refractivity contribution in [1.29, 1.82) is 0 Å². The molecule has 1 fully saturated rings. The van der Waals surface area contributed by atoms with Crippen LogP contribution in [0.25, 0.3) is 0 Å². The van der Waals surface area contributed by atoms with Gasteiger partial charge in [-0.3, -0.25) is 4.79 Å². The molecule has 2 rings (SSSR count). The SMILES string of the molecule is NC(=O)c1cccc(NC2CCNCC2)c1. The van der Waals surface area contributed by atoms with E-state index in [1.165, 1.54) is 0 Å². The van der Waals surface area contributed by atoms with Crippen LogP contribution in [0.15, 0.2) is 24.3 Å². The van der Waals surface area contributed by atoms with E-state index >= 15 is 0 Å². The van der Waals surface area contributed by atoms with Gasteiger partial charge in [-0.2, -0.15) is 0 Å². The molecule has 1 aliphatic heterocycles. The van der Waals surface area contributed by atoms with Crippen LogP contribution in [0.3, 0.4) is 0 Å². The molecular weight excluding hydrogens is 202 g/mol. The fourth-order valence-electron chi connectivity index (χ4n) is 1.96. The summed E-state index contributed by atoms with van der Waals surface area (Å²) in [5.41, 5.74) is 6.77. The van der Waals surface area contributed by atoms with Crippen LogP contribution in [0.1, 0.15) is 23.2 Å². The zero-order chi connectivity index (χ0) is 11.4. The normalized spacial score (nSPS) is 17.0. The van der Waals surface area contributed by atoms with Crippen LogP contribution < -0.4 is 16.4 Å². The van der Waals surface area contributed by atoms with Crippen LogP contribution in [0.5, 0.6) is 0 Å². The first-order chi connectivity index (χ1) is 7.75. The maximum atomic E-state index is 11.0. The molecule has 4 nitrogen and oxygen atoms in total. The second-order valence-electron chi connectivity index (χ2n) is 4.11. The molecule has 0 spiro atoms. The number of primary amides is 1. The van der Waals surface area contributed by atoms with Crippen molar-refractivity contribution in [3.8, 4) is 0 Å². The minimum absolute atomic E-state index is 0.381. The number of rotatable bonds is 3. The third-order valence-corrected chi connectivity index (χ3v) is 2.86. The van der Waals surface area contributed by atoms with Crippen molar-refractivity contribution in [1.82, 2.24) is 5.32 Å². The van der Waals surface area contributed by atoms with Gasteiger partial charge in [-0.15, -0.1) is 0 Å². The van der Waals surface area contributed by atoms with Gasteiger partial charge in [0.2, 0.25) is 5.91 Å². The number of piperidine rings is 1. The fourth-order valence-corrected chi connectivity index (χ4v) is 1.96. The molecule has 0 radical (unpaired) electrons. The van der Waals surface area contributed by atoms with Crippen molar-refractivity contribution in [3.05, 3.63) is 29.8 Å². The number of nitrogens with two attached hydrogens (primary N) is 1. The summed E-state index contributed by atoms with van der Waals surface area (Å²) in [6.45, 7) is 2.10. The van der Waals surface area contributed by atoms with Crippen LogP contribution in [-0.2, 0) is 0 Å². The molecule has 0 saturated carbocycles. The molecule has 4 N–H and O–H groups in total. The third kappa shape index (κ3) is 2.73. The number of carbonyl (C=O) groups excluding carboxylic acids is 1. The van der Waals surface area contributed by atoms with Gasteiger partial charge in [0.05, 0.1) is 0 Å². The molecule has 0 bridgehead atoms. The predicted octanol–water partition coefficient (Wildman–Crippen LogP) is 0.949. The fraction of sp³-hybridized carbons (Fsp3) is 0.417. The van der Waals surface area contributed by atoms with Crippen LogP contribution >= 0.6 is 0 Å². The average molecular weight is 219 g/mol. The Hall–Kier alpha value is -1.55. The van der Waals surface area contributed by atoms with Crippen LogP contribution in [-0.4, -0.2) is 25.0 Å². The molecule has 0 unspecified atom stereocenters. The van der Waals surface area contributed by atoms with E-state index in [9.17, 15) is 4.79 Å². The van der Waals surface area contributed by atoms with E-state index in [0.29, 0.717) is 11.6 Å². The first kappa shape index (κ1) is 11.0. The summed E-state index contributed by atoms with van der Waals surface area (Å²) in [4.78, 5) is 11.0. The molecule has 86 valence electrons. The maximum Gasteiger partial charge on any atom is 0.248 e. The lowest BCUT2D eigenvalue weighted by atomic mass is 10.1. The smallest absolute Gasteiger partial charge is 0.248 e. The maximum absolute atomic E-state index is 11.0. The Morgan fingerprint density at radius 1 is 1.38 bits per heavy atom. The molecule has 1 saturated heterocycles. The molecule has 1 amide bonds. The molecule has 0 aliphatic carbocycles. The molecule has 1 heterocycles. The summed E-state index contributed by atoms with van der Waals surface area (Å²) in [7, 11) is 0. The van der Waals surface area contributed by atoms with Gasteiger partial charge >= 0.3 is 0 Å². The van der Waals surface area contributed by atoms with Gasteiger partial charge in [0, 0.05) is 17.3 Å². The molecule has 1 aromatic carbocycles. The van der Waals surface area contributed by atoms with Crippen LogP contribution in [0, 0.1) is 0 Å².